The summed E-state index contributed by atoms with van der Waals surface area (Å²) in [6.45, 7) is 4.30. The largest absolute Gasteiger partial charge is 0.383 e. The van der Waals surface area contributed by atoms with Gasteiger partial charge in [0.2, 0.25) is 5.95 Å². The number of rotatable bonds is 1. The Morgan fingerprint density at radius 2 is 2.06 bits per heavy atom. The van der Waals surface area contributed by atoms with E-state index in [1.165, 1.54) is 12.5 Å². The molecule has 2 heterocycles. The van der Waals surface area contributed by atoms with Gasteiger partial charge in [-0.05, 0) is 33.1 Å². The number of anilines is 2. The maximum Gasteiger partial charge on any atom is 0.254 e. The minimum atomic E-state index is -0.188. The molecule has 0 spiro atoms. The van der Waals surface area contributed by atoms with E-state index < -0.39 is 0 Å². The third-order valence-electron chi connectivity index (χ3n) is 3.19. The zero-order valence-electron chi connectivity index (χ0n) is 9.73. The second-order valence-corrected chi connectivity index (χ2v) is 4.53. The zero-order valence-corrected chi connectivity index (χ0v) is 9.73. The number of H-pyrrole nitrogens is 1. The summed E-state index contributed by atoms with van der Waals surface area (Å²) in [7, 11) is 0. The highest BCUT2D eigenvalue weighted by atomic mass is 16.1. The van der Waals surface area contributed by atoms with Crippen LogP contribution in [0.4, 0.5) is 11.8 Å². The van der Waals surface area contributed by atoms with Crippen molar-refractivity contribution in [3.05, 3.63) is 16.4 Å². The quantitative estimate of drug-likeness (QED) is 0.746. The van der Waals surface area contributed by atoms with Crippen LogP contribution in [0.2, 0.25) is 0 Å². The average molecular weight is 222 g/mol. The molecule has 88 valence electrons. The van der Waals surface area contributed by atoms with E-state index in [0.717, 1.165) is 12.8 Å². The third kappa shape index (κ3) is 2.03. The maximum atomic E-state index is 11.4. The van der Waals surface area contributed by atoms with Crippen LogP contribution in [0.3, 0.4) is 0 Å². The number of nitrogen functional groups attached to an aromatic ring is 1. The fourth-order valence-electron chi connectivity index (χ4n) is 2.42. The molecule has 0 aromatic carbocycles. The van der Waals surface area contributed by atoms with Gasteiger partial charge in [0.1, 0.15) is 5.82 Å². The lowest BCUT2D eigenvalue weighted by atomic mass is 9.98. The van der Waals surface area contributed by atoms with Crippen LogP contribution in [-0.4, -0.2) is 22.1 Å². The standard InChI is InChI=1S/C11H18N4O/c1-7-4-3-5-8(2)15(7)11-13-9(12)6-10(16)14-11/h6-8H,3-5H2,1-2H3,(H3,12,13,14,16)/t7-,8-/m1/s1. The maximum absolute atomic E-state index is 11.4. The second kappa shape index (κ2) is 4.15. The van der Waals surface area contributed by atoms with Crippen molar-refractivity contribution in [3.63, 3.8) is 0 Å². The molecule has 0 aliphatic carbocycles. The molecule has 0 saturated carbocycles. The Hall–Kier alpha value is -1.52. The molecule has 1 aromatic rings. The van der Waals surface area contributed by atoms with Gasteiger partial charge in [0.15, 0.2) is 0 Å². The summed E-state index contributed by atoms with van der Waals surface area (Å²) in [6, 6.07) is 2.10. The molecule has 16 heavy (non-hydrogen) atoms. The Morgan fingerprint density at radius 3 is 2.62 bits per heavy atom. The normalized spacial score (nSPS) is 25.8. The number of hydrogen-bond acceptors (Lipinski definition) is 4. The summed E-state index contributed by atoms with van der Waals surface area (Å²) < 4.78 is 0. The van der Waals surface area contributed by atoms with E-state index in [0.29, 0.717) is 18.0 Å². The lowest BCUT2D eigenvalue weighted by Crippen LogP contribution is -2.45. The highest BCUT2D eigenvalue weighted by Crippen LogP contribution is 2.25. The van der Waals surface area contributed by atoms with Gasteiger partial charge in [-0.25, -0.2) is 0 Å². The van der Waals surface area contributed by atoms with E-state index in [-0.39, 0.29) is 11.4 Å². The molecule has 1 aliphatic heterocycles. The van der Waals surface area contributed by atoms with E-state index in [4.69, 9.17) is 5.73 Å². The van der Waals surface area contributed by atoms with Crippen molar-refractivity contribution in [1.82, 2.24) is 9.97 Å². The van der Waals surface area contributed by atoms with E-state index >= 15 is 0 Å². The summed E-state index contributed by atoms with van der Waals surface area (Å²) in [5, 5.41) is 0. The third-order valence-corrected chi connectivity index (χ3v) is 3.19. The predicted molar refractivity (Wildman–Crippen MR) is 64.5 cm³/mol. The van der Waals surface area contributed by atoms with Crippen molar-refractivity contribution in [2.75, 3.05) is 10.6 Å². The Bertz CT molecular complexity index is 418. The average Bonchev–Trinajstić information content (AvgIpc) is 2.15. The minimum absolute atomic E-state index is 0.188. The second-order valence-electron chi connectivity index (χ2n) is 4.53. The summed E-state index contributed by atoms with van der Waals surface area (Å²) in [4.78, 5) is 20.5. The zero-order chi connectivity index (χ0) is 11.7. The van der Waals surface area contributed by atoms with Gasteiger partial charge in [0, 0.05) is 18.2 Å². The molecule has 1 aliphatic rings. The Labute approximate surface area is 94.7 Å². The van der Waals surface area contributed by atoms with Crippen LogP contribution >= 0.6 is 0 Å². The molecule has 0 amide bonds. The number of piperidine rings is 1. The highest BCUT2D eigenvalue weighted by molar-refractivity contribution is 5.40. The number of aromatic amines is 1. The first-order chi connectivity index (χ1) is 7.58. The van der Waals surface area contributed by atoms with Crippen LogP contribution in [0.5, 0.6) is 0 Å². The van der Waals surface area contributed by atoms with Crippen molar-refractivity contribution in [3.8, 4) is 0 Å². The number of nitrogens with zero attached hydrogens (tertiary/aromatic N) is 2. The van der Waals surface area contributed by atoms with E-state index in [1.807, 2.05) is 0 Å². The Kier molecular flexibility index (Phi) is 2.85. The van der Waals surface area contributed by atoms with Crippen LogP contribution in [0, 0.1) is 0 Å². The van der Waals surface area contributed by atoms with Crippen molar-refractivity contribution < 1.29 is 0 Å². The molecule has 5 heteroatoms. The van der Waals surface area contributed by atoms with E-state index in [2.05, 4.69) is 28.7 Å². The molecule has 3 N–H and O–H groups in total. The first-order valence-electron chi connectivity index (χ1n) is 5.73. The van der Waals surface area contributed by atoms with Crippen molar-refractivity contribution >= 4 is 11.8 Å². The monoisotopic (exact) mass is 222 g/mol. The summed E-state index contributed by atoms with van der Waals surface area (Å²) in [5.74, 6) is 0.883. The molecule has 1 aromatic heterocycles. The lowest BCUT2D eigenvalue weighted by molar-refractivity contribution is 0.407. The molecule has 2 atom stereocenters. The van der Waals surface area contributed by atoms with E-state index in [9.17, 15) is 4.79 Å². The van der Waals surface area contributed by atoms with Gasteiger partial charge in [-0.2, -0.15) is 4.98 Å². The van der Waals surface area contributed by atoms with Crippen molar-refractivity contribution in [2.45, 2.75) is 45.2 Å². The number of nitrogens with two attached hydrogens (primary N) is 1. The molecule has 2 rings (SSSR count). The van der Waals surface area contributed by atoms with Gasteiger partial charge in [-0.1, -0.05) is 0 Å². The molecule has 0 radical (unpaired) electrons. The first-order valence-corrected chi connectivity index (χ1v) is 5.73. The van der Waals surface area contributed by atoms with Gasteiger partial charge < -0.3 is 10.6 Å². The van der Waals surface area contributed by atoms with E-state index in [1.54, 1.807) is 0 Å². The summed E-state index contributed by atoms with van der Waals surface area (Å²) in [5.41, 5.74) is 5.41. The van der Waals surface area contributed by atoms with Gasteiger partial charge in [-0.3, -0.25) is 9.78 Å². The molecule has 1 saturated heterocycles. The Balaban J connectivity index is 2.37. The van der Waals surface area contributed by atoms with Crippen molar-refractivity contribution in [2.24, 2.45) is 0 Å². The molecule has 1 fully saturated rings. The fourth-order valence-corrected chi connectivity index (χ4v) is 2.42. The van der Waals surface area contributed by atoms with Gasteiger partial charge in [0.05, 0.1) is 0 Å². The molecule has 0 bridgehead atoms. The van der Waals surface area contributed by atoms with Crippen LogP contribution in [0.1, 0.15) is 33.1 Å². The van der Waals surface area contributed by atoms with Gasteiger partial charge >= 0.3 is 0 Å². The van der Waals surface area contributed by atoms with Gasteiger partial charge in [0.25, 0.3) is 5.56 Å². The fraction of sp³-hybridized carbons (Fsp3) is 0.636. The molecular formula is C11H18N4O. The Morgan fingerprint density at radius 1 is 1.44 bits per heavy atom. The highest BCUT2D eigenvalue weighted by Gasteiger charge is 2.26. The topological polar surface area (TPSA) is 75.0 Å². The SMILES string of the molecule is C[C@@H]1CCC[C@@H](C)N1c1nc(N)cc(=O)[nH]1. The number of hydrogen-bond donors (Lipinski definition) is 2. The first kappa shape index (κ1) is 11.0. The molecule has 0 unspecified atom stereocenters. The minimum Gasteiger partial charge on any atom is -0.383 e. The van der Waals surface area contributed by atoms with Crippen LogP contribution in [0.25, 0.3) is 0 Å². The summed E-state index contributed by atoms with van der Waals surface area (Å²) in [6.07, 6.45) is 3.48. The lowest BCUT2D eigenvalue weighted by Gasteiger charge is -2.39. The predicted octanol–water partition coefficient (Wildman–Crippen LogP) is 1.12. The van der Waals surface area contributed by atoms with Crippen LogP contribution < -0.4 is 16.2 Å². The molecule has 5 nitrogen and oxygen atoms in total. The summed E-state index contributed by atoms with van der Waals surface area (Å²) >= 11 is 0. The van der Waals surface area contributed by atoms with Gasteiger partial charge in [-0.15, -0.1) is 0 Å². The molecular weight excluding hydrogens is 204 g/mol. The van der Waals surface area contributed by atoms with Crippen LogP contribution in [0.15, 0.2) is 10.9 Å². The number of nitrogens with one attached hydrogen (secondary N) is 1. The van der Waals surface area contributed by atoms with Crippen molar-refractivity contribution in [1.29, 1.82) is 0 Å². The number of aromatic nitrogens is 2. The van der Waals surface area contributed by atoms with Crippen LogP contribution in [-0.2, 0) is 0 Å². The smallest absolute Gasteiger partial charge is 0.254 e.